The van der Waals surface area contributed by atoms with Gasteiger partial charge < -0.3 is 15.5 Å². The standard InChI is InChI=1S/C13H17N5OS/c1-8-7-18(6-5-17(8)2)13(19)11-10(14)9-3-4-15-16-12(9)20-11/h3-4,8H,5-7,14H2,1-2H3. The Labute approximate surface area is 121 Å². The van der Waals surface area contributed by atoms with Crippen LogP contribution in [0.4, 0.5) is 5.69 Å². The van der Waals surface area contributed by atoms with Gasteiger partial charge in [-0.05, 0) is 20.0 Å². The molecule has 2 aromatic heterocycles. The van der Waals surface area contributed by atoms with Gasteiger partial charge in [0.1, 0.15) is 9.71 Å². The highest BCUT2D eigenvalue weighted by molar-refractivity contribution is 7.21. The van der Waals surface area contributed by atoms with Crippen molar-refractivity contribution in [2.45, 2.75) is 13.0 Å². The second-order valence-corrected chi connectivity index (χ2v) is 6.17. The third-order valence-electron chi connectivity index (χ3n) is 3.86. The van der Waals surface area contributed by atoms with Crippen molar-refractivity contribution in [1.82, 2.24) is 20.0 Å². The lowest BCUT2D eigenvalue weighted by Gasteiger charge is -2.37. The number of nitrogens with zero attached hydrogens (tertiary/aromatic N) is 4. The van der Waals surface area contributed by atoms with Crippen LogP contribution in [-0.4, -0.2) is 58.6 Å². The largest absolute Gasteiger partial charge is 0.397 e. The summed E-state index contributed by atoms with van der Waals surface area (Å²) in [6.07, 6.45) is 1.59. The Morgan fingerprint density at radius 1 is 1.50 bits per heavy atom. The van der Waals surface area contributed by atoms with Crippen LogP contribution >= 0.6 is 11.3 Å². The quantitative estimate of drug-likeness (QED) is 0.850. The molecule has 1 saturated heterocycles. The van der Waals surface area contributed by atoms with Gasteiger partial charge in [-0.3, -0.25) is 4.79 Å². The van der Waals surface area contributed by atoms with Gasteiger partial charge in [-0.2, -0.15) is 5.10 Å². The first-order valence-corrected chi connectivity index (χ1v) is 7.38. The Morgan fingerprint density at radius 3 is 3.00 bits per heavy atom. The van der Waals surface area contributed by atoms with Gasteiger partial charge >= 0.3 is 0 Å². The van der Waals surface area contributed by atoms with Gasteiger partial charge in [0.05, 0.1) is 11.9 Å². The summed E-state index contributed by atoms with van der Waals surface area (Å²) in [5.74, 6) is 0.00505. The number of carbonyl (C=O) groups excluding carboxylic acids is 1. The highest BCUT2D eigenvalue weighted by Crippen LogP contribution is 2.32. The van der Waals surface area contributed by atoms with Gasteiger partial charge in [0.15, 0.2) is 0 Å². The summed E-state index contributed by atoms with van der Waals surface area (Å²) >= 11 is 1.32. The molecular formula is C13H17N5OS. The summed E-state index contributed by atoms with van der Waals surface area (Å²) in [7, 11) is 2.08. The summed E-state index contributed by atoms with van der Waals surface area (Å²) in [6.45, 7) is 4.48. The maximum absolute atomic E-state index is 12.6. The van der Waals surface area contributed by atoms with Crippen LogP contribution in [-0.2, 0) is 0 Å². The summed E-state index contributed by atoms with van der Waals surface area (Å²) in [4.78, 5) is 18.1. The van der Waals surface area contributed by atoms with E-state index in [1.807, 2.05) is 4.90 Å². The topological polar surface area (TPSA) is 75.3 Å². The van der Waals surface area contributed by atoms with Crippen LogP contribution < -0.4 is 5.73 Å². The van der Waals surface area contributed by atoms with Crippen LogP contribution in [0.2, 0.25) is 0 Å². The normalized spacial score (nSPS) is 20.5. The van der Waals surface area contributed by atoms with Gasteiger partial charge in [-0.1, -0.05) is 0 Å². The molecule has 1 atom stereocenters. The first-order valence-electron chi connectivity index (χ1n) is 6.57. The van der Waals surface area contributed by atoms with E-state index in [0.29, 0.717) is 16.6 Å². The predicted molar refractivity (Wildman–Crippen MR) is 79.8 cm³/mol. The van der Waals surface area contributed by atoms with Gasteiger partial charge in [0.25, 0.3) is 5.91 Å². The third-order valence-corrected chi connectivity index (χ3v) is 4.96. The zero-order valence-corrected chi connectivity index (χ0v) is 12.4. The molecule has 20 heavy (non-hydrogen) atoms. The number of aromatic nitrogens is 2. The predicted octanol–water partition coefficient (Wildman–Crippen LogP) is 1.05. The number of thiophene rings is 1. The van der Waals surface area contributed by atoms with E-state index in [2.05, 4.69) is 29.1 Å². The zero-order chi connectivity index (χ0) is 14.3. The molecule has 1 unspecified atom stereocenters. The summed E-state index contributed by atoms with van der Waals surface area (Å²) in [5.41, 5.74) is 6.62. The Morgan fingerprint density at radius 2 is 2.30 bits per heavy atom. The first-order chi connectivity index (χ1) is 9.58. The number of rotatable bonds is 1. The molecule has 1 amide bonds. The molecule has 7 heteroatoms. The van der Waals surface area contributed by atoms with Crippen molar-refractivity contribution in [2.24, 2.45) is 0 Å². The lowest BCUT2D eigenvalue weighted by molar-refractivity contribution is 0.0578. The van der Waals surface area contributed by atoms with E-state index >= 15 is 0 Å². The van der Waals surface area contributed by atoms with E-state index in [0.717, 1.165) is 29.9 Å². The first kappa shape index (κ1) is 13.3. The lowest BCUT2D eigenvalue weighted by atomic mass is 10.2. The lowest BCUT2D eigenvalue weighted by Crippen LogP contribution is -2.51. The number of hydrogen-bond donors (Lipinski definition) is 1. The Kier molecular flexibility index (Phi) is 3.31. The fourth-order valence-electron chi connectivity index (χ4n) is 2.41. The number of amides is 1. The molecule has 106 valence electrons. The number of likely N-dealkylation sites (N-methyl/N-ethyl adjacent to an activating group) is 1. The highest BCUT2D eigenvalue weighted by atomic mass is 32.1. The average Bonchev–Trinajstić information content (AvgIpc) is 2.79. The van der Waals surface area contributed by atoms with Crippen molar-refractivity contribution in [3.63, 3.8) is 0 Å². The van der Waals surface area contributed by atoms with Crippen molar-refractivity contribution in [1.29, 1.82) is 0 Å². The van der Waals surface area contributed by atoms with E-state index in [4.69, 9.17) is 5.73 Å². The van der Waals surface area contributed by atoms with Crippen molar-refractivity contribution in [2.75, 3.05) is 32.4 Å². The third kappa shape index (κ3) is 2.12. The van der Waals surface area contributed by atoms with E-state index in [1.54, 1.807) is 12.3 Å². The van der Waals surface area contributed by atoms with Crippen molar-refractivity contribution in [3.05, 3.63) is 17.1 Å². The minimum atomic E-state index is 0.00505. The molecule has 2 aromatic rings. The molecule has 0 radical (unpaired) electrons. The number of fused-ring (bicyclic) bond motifs is 1. The van der Waals surface area contributed by atoms with Gasteiger partial charge in [-0.15, -0.1) is 16.4 Å². The van der Waals surface area contributed by atoms with E-state index in [1.165, 1.54) is 11.3 Å². The maximum Gasteiger partial charge on any atom is 0.266 e. The molecule has 0 spiro atoms. The van der Waals surface area contributed by atoms with Gasteiger partial charge in [0.2, 0.25) is 0 Å². The molecule has 6 nitrogen and oxygen atoms in total. The zero-order valence-electron chi connectivity index (χ0n) is 11.5. The van der Waals surface area contributed by atoms with Gasteiger partial charge in [0, 0.05) is 31.1 Å². The van der Waals surface area contributed by atoms with E-state index < -0.39 is 0 Å². The van der Waals surface area contributed by atoms with Gasteiger partial charge in [-0.25, -0.2) is 0 Å². The molecule has 1 aliphatic rings. The molecule has 3 heterocycles. The van der Waals surface area contributed by atoms with E-state index in [9.17, 15) is 4.79 Å². The molecule has 1 aliphatic heterocycles. The minimum Gasteiger partial charge on any atom is -0.397 e. The highest BCUT2D eigenvalue weighted by Gasteiger charge is 2.28. The number of hydrogen-bond acceptors (Lipinski definition) is 6. The molecule has 0 aromatic carbocycles. The van der Waals surface area contributed by atoms with Crippen molar-refractivity contribution >= 4 is 33.1 Å². The van der Waals surface area contributed by atoms with Crippen LogP contribution in [0, 0.1) is 0 Å². The summed E-state index contributed by atoms with van der Waals surface area (Å²) in [6, 6.07) is 2.17. The van der Waals surface area contributed by atoms with Crippen LogP contribution in [0.25, 0.3) is 10.2 Å². The summed E-state index contributed by atoms with van der Waals surface area (Å²) < 4.78 is 0. The Bertz CT molecular complexity index is 655. The van der Waals surface area contributed by atoms with Crippen LogP contribution in [0.3, 0.4) is 0 Å². The van der Waals surface area contributed by atoms with E-state index in [-0.39, 0.29) is 5.91 Å². The Balaban J connectivity index is 1.91. The molecule has 0 saturated carbocycles. The van der Waals surface area contributed by atoms with Crippen LogP contribution in [0.1, 0.15) is 16.6 Å². The molecule has 3 rings (SSSR count). The number of anilines is 1. The van der Waals surface area contributed by atoms with Crippen molar-refractivity contribution in [3.8, 4) is 0 Å². The number of nitrogens with two attached hydrogens (primary N) is 1. The molecular weight excluding hydrogens is 274 g/mol. The van der Waals surface area contributed by atoms with Crippen LogP contribution in [0.15, 0.2) is 12.3 Å². The Hall–Kier alpha value is -1.73. The number of piperazine rings is 1. The number of nitrogen functional groups attached to an aromatic ring is 1. The fraction of sp³-hybridized carbons (Fsp3) is 0.462. The van der Waals surface area contributed by atoms with Crippen molar-refractivity contribution < 1.29 is 4.79 Å². The number of carbonyl (C=O) groups is 1. The fourth-order valence-corrected chi connectivity index (χ4v) is 3.41. The monoisotopic (exact) mass is 291 g/mol. The smallest absolute Gasteiger partial charge is 0.266 e. The minimum absolute atomic E-state index is 0.00505. The molecule has 0 aliphatic carbocycles. The molecule has 2 N–H and O–H groups in total. The SMILES string of the molecule is CC1CN(C(=O)c2sc3nnccc3c2N)CCN1C. The summed E-state index contributed by atoms with van der Waals surface area (Å²) in [5, 5.41) is 8.68. The second kappa shape index (κ2) is 4.99. The maximum atomic E-state index is 12.6. The average molecular weight is 291 g/mol. The second-order valence-electron chi connectivity index (χ2n) is 5.18. The molecule has 1 fully saturated rings. The van der Waals surface area contributed by atoms with Crippen LogP contribution in [0.5, 0.6) is 0 Å². The molecule has 0 bridgehead atoms.